The van der Waals surface area contributed by atoms with Crippen molar-refractivity contribution < 1.29 is 4.43 Å². The van der Waals surface area contributed by atoms with Gasteiger partial charge in [0.1, 0.15) is 0 Å². The first-order valence-corrected chi connectivity index (χ1v) is 13.6. The lowest BCUT2D eigenvalue weighted by Crippen LogP contribution is -2.40. The van der Waals surface area contributed by atoms with Gasteiger partial charge < -0.3 is 15.1 Å². The van der Waals surface area contributed by atoms with Gasteiger partial charge in [0.25, 0.3) is 0 Å². The van der Waals surface area contributed by atoms with Crippen LogP contribution in [-0.4, -0.2) is 31.7 Å². The summed E-state index contributed by atoms with van der Waals surface area (Å²) in [5.74, 6) is 0.682. The molecule has 0 bridgehead atoms. The van der Waals surface area contributed by atoms with Crippen molar-refractivity contribution in [1.82, 2.24) is 4.90 Å². The number of rotatable bonds is 9. The van der Waals surface area contributed by atoms with Gasteiger partial charge in [-0.2, -0.15) is 0 Å². The molecule has 2 N–H and O–H groups in total. The standard InChI is InChI=1S/C22H38N2OSSi/c1-7-14-24(21(23)26)20(18-12-13-18)17-10-8-16(9-11-17)15-19(22(2,3)4)25-27(5)6/h8-11,18-20,27H,7,12-15H2,1-6H3,(H2,23,26). The summed E-state index contributed by atoms with van der Waals surface area (Å²) in [5, 5.41) is 0.529. The molecule has 0 saturated heterocycles. The van der Waals surface area contributed by atoms with Gasteiger partial charge in [0.2, 0.25) is 0 Å². The average molecular weight is 407 g/mol. The average Bonchev–Trinajstić information content (AvgIpc) is 3.38. The summed E-state index contributed by atoms with van der Waals surface area (Å²) in [6.07, 6.45) is 4.84. The van der Waals surface area contributed by atoms with E-state index in [0.29, 0.717) is 17.1 Å². The zero-order valence-electron chi connectivity index (χ0n) is 18.0. The van der Waals surface area contributed by atoms with Crippen molar-refractivity contribution in [3.63, 3.8) is 0 Å². The van der Waals surface area contributed by atoms with Gasteiger partial charge >= 0.3 is 0 Å². The number of hydrogen-bond donors (Lipinski definition) is 1. The van der Waals surface area contributed by atoms with Crippen LogP contribution in [0.2, 0.25) is 13.1 Å². The SMILES string of the molecule is CCCN(C(N)=S)C(c1ccc(CC(O[SiH](C)C)C(C)(C)C)cc1)C1CC1. The van der Waals surface area contributed by atoms with E-state index in [4.69, 9.17) is 22.4 Å². The molecular weight excluding hydrogens is 368 g/mol. The van der Waals surface area contributed by atoms with Crippen LogP contribution in [0.25, 0.3) is 0 Å². The summed E-state index contributed by atoms with van der Waals surface area (Å²) in [6, 6.07) is 9.45. The van der Waals surface area contributed by atoms with Gasteiger partial charge in [-0.05, 0) is 73.5 Å². The van der Waals surface area contributed by atoms with Crippen molar-refractivity contribution in [2.75, 3.05) is 6.54 Å². The highest BCUT2D eigenvalue weighted by molar-refractivity contribution is 7.80. The van der Waals surface area contributed by atoms with E-state index in [1.54, 1.807) is 0 Å². The van der Waals surface area contributed by atoms with Crippen LogP contribution in [0.3, 0.4) is 0 Å². The number of nitrogens with two attached hydrogens (primary N) is 1. The predicted molar refractivity (Wildman–Crippen MR) is 123 cm³/mol. The number of nitrogens with zero attached hydrogens (tertiary/aromatic N) is 1. The van der Waals surface area contributed by atoms with Crippen molar-refractivity contribution in [3.8, 4) is 0 Å². The Labute approximate surface area is 173 Å². The lowest BCUT2D eigenvalue weighted by Gasteiger charge is -2.34. The van der Waals surface area contributed by atoms with Crippen LogP contribution >= 0.6 is 12.2 Å². The van der Waals surface area contributed by atoms with E-state index in [1.165, 1.54) is 24.0 Å². The van der Waals surface area contributed by atoms with Gasteiger partial charge in [-0.15, -0.1) is 0 Å². The molecule has 0 aliphatic heterocycles. The largest absolute Gasteiger partial charge is 0.417 e. The molecule has 2 rings (SSSR count). The van der Waals surface area contributed by atoms with Crippen LogP contribution in [0.4, 0.5) is 0 Å². The molecule has 0 amide bonds. The number of hydrogen-bond acceptors (Lipinski definition) is 2. The van der Waals surface area contributed by atoms with E-state index in [0.717, 1.165) is 19.4 Å². The lowest BCUT2D eigenvalue weighted by molar-refractivity contribution is 0.0867. The van der Waals surface area contributed by atoms with E-state index < -0.39 is 9.04 Å². The molecule has 0 heterocycles. The fraction of sp³-hybridized carbons (Fsp3) is 0.682. The molecule has 2 unspecified atom stereocenters. The maximum absolute atomic E-state index is 6.34. The zero-order chi connectivity index (χ0) is 20.2. The molecule has 0 radical (unpaired) electrons. The maximum atomic E-state index is 6.34. The van der Waals surface area contributed by atoms with E-state index in [1.807, 2.05) is 0 Å². The summed E-state index contributed by atoms with van der Waals surface area (Å²) in [5.41, 5.74) is 8.90. The van der Waals surface area contributed by atoms with Crippen LogP contribution in [-0.2, 0) is 10.8 Å². The van der Waals surface area contributed by atoms with Gasteiger partial charge in [0, 0.05) is 6.54 Å². The van der Waals surface area contributed by atoms with Crippen molar-refractivity contribution in [3.05, 3.63) is 35.4 Å². The Hall–Kier alpha value is -0.913. The monoisotopic (exact) mass is 406 g/mol. The third kappa shape index (κ3) is 6.58. The minimum Gasteiger partial charge on any atom is -0.417 e. The van der Waals surface area contributed by atoms with Gasteiger partial charge in [0.15, 0.2) is 14.2 Å². The third-order valence-corrected chi connectivity index (χ3v) is 6.40. The highest BCUT2D eigenvalue weighted by Crippen LogP contribution is 2.44. The highest BCUT2D eigenvalue weighted by atomic mass is 32.1. The van der Waals surface area contributed by atoms with Crippen molar-refractivity contribution in [2.24, 2.45) is 17.1 Å². The molecule has 3 nitrogen and oxygen atoms in total. The Morgan fingerprint density at radius 2 is 1.85 bits per heavy atom. The van der Waals surface area contributed by atoms with E-state index in [9.17, 15) is 0 Å². The molecule has 1 aromatic rings. The third-order valence-electron chi connectivity index (χ3n) is 5.30. The first kappa shape index (κ1) is 22.4. The second kappa shape index (κ2) is 9.53. The summed E-state index contributed by atoms with van der Waals surface area (Å²) in [4.78, 5) is 2.23. The topological polar surface area (TPSA) is 38.5 Å². The second-order valence-electron chi connectivity index (χ2n) is 9.30. The van der Waals surface area contributed by atoms with Gasteiger partial charge in [0.05, 0.1) is 12.1 Å². The minimum absolute atomic E-state index is 0.149. The molecule has 152 valence electrons. The summed E-state index contributed by atoms with van der Waals surface area (Å²) >= 11 is 5.36. The smallest absolute Gasteiger partial charge is 0.171 e. The molecule has 1 aliphatic rings. The maximum Gasteiger partial charge on any atom is 0.171 e. The van der Waals surface area contributed by atoms with Crippen LogP contribution < -0.4 is 5.73 Å². The Bertz CT molecular complexity index is 608. The molecule has 1 saturated carbocycles. The minimum atomic E-state index is -1.07. The Balaban J connectivity index is 2.17. The van der Waals surface area contributed by atoms with Crippen LogP contribution in [0, 0.1) is 11.3 Å². The quantitative estimate of drug-likeness (QED) is 0.460. The Morgan fingerprint density at radius 3 is 2.26 bits per heavy atom. The summed E-state index contributed by atoms with van der Waals surface area (Å²) < 4.78 is 6.34. The van der Waals surface area contributed by atoms with Crippen LogP contribution in [0.1, 0.15) is 64.1 Å². The Morgan fingerprint density at radius 1 is 1.26 bits per heavy atom. The summed E-state index contributed by atoms with van der Waals surface area (Å²) in [7, 11) is -1.07. The van der Waals surface area contributed by atoms with Gasteiger partial charge in [-0.1, -0.05) is 52.0 Å². The predicted octanol–water partition coefficient (Wildman–Crippen LogP) is 5.05. The molecular formula is C22H38N2OSSi. The first-order valence-electron chi connectivity index (χ1n) is 10.4. The molecule has 1 aliphatic carbocycles. The van der Waals surface area contributed by atoms with Gasteiger partial charge in [-0.25, -0.2) is 0 Å². The fourth-order valence-corrected chi connectivity index (χ4v) is 5.06. The second-order valence-corrected chi connectivity index (χ2v) is 12.1. The van der Waals surface area contributed by atoms with E-state index in [-0.39, 0.29) is 11.5 Å². The Kier molecular flexibility index (Phi) is 7.90. The first-order chi connectivity index (χ1) is 12.6. The number of thiocarbonyl (C=S) groups is 1. The number of benzene rings is 1. The lowest BCUT2D eigenvalue weighted by atomic mass is 9.85. The molecule has 0 aromatic heterocycles. The van der Waals surface area contributed by atoms with E-state index >= 15 is 0 Å². The highest BCUT2D eigenvalue weighted by Gasteiger charge is 2.36. The summed E-state index contributed by atoms with van der Waals surface area (Å²) in [6.45, 7) is 14.4. The molecule has 5 heteroatoms. The zero-order valence-corrected chi connectivity index (χ0v) is 20.0. The normalized spacial score (nSPS) is 17.0. The van der Waals surface area contributed by atoms with Crippen LogP contribution in [0.5, 0.6) is 0 Å². The fourth-order valence-electron chi connectivity index (χ4n) is 3.70. The van der Waals surface area contributed by atoms with Crippen molar-refractivity contribution in [1.29, 1.82) is 0 Å². The van der Waals surface area contributed by atoms with Crippen molar-refractivity contribution >= 4 is 26.4 Å². The van der Waals surface area contributed by atoms with E-state index in [2.05, 4.69) is 70.0 Å². The molecule has 27 heavy (non-hydrogen) atoms. The molecule has 0 spiro atoms. The van der Waals surface area contributed by atoms with Gasteiger partial charge in [-0.3, -0.25) is 0 Å². The molecule has 1 fully saturated rings. The molecule has 2 atom stereocenters. The van der Waals surface area contributed by atoms with Crippen molar-refractivity contribution in [2.45, 2.75) is 78.6 Å². The van der Waals surface area contributed by atoms with Crippen LogP contribution in [0.15, 0.2) is 24.3 Å². The molecule has 1 aromatic carbocycles.